The molecule has 0 N–H and O–H groups in total. The molecule has 0 spiro atoms. The van der Waals surface area contributed by atoms with Gasteiger partial charge in [0.25, 0.3) is 0 Å². The number of methoxy groups -OCH3 is 1. The Balaban J connectivity index is 1.39. The van der Waals surface area contributed by atoms with E-state index in [0.29, 0.717) is 10.6 Å². The number of nitrogens with zero attached hydrogens (tertiary/aromatic N) is 1. The van der Waals surface area contributed by atoms with E-state index in [-0.39, 0.29) is 5.97 Å². The van der Waals surface area contributed by atoms with E-state index in [1.54, 1.807) is 6.07 Å². The quantitative estimate of drug-likeness (QED) is 0.299. The maximum atomic E-state index is 11.7. The lowest BCUT2D eigenvalue weighted by Crippen LogP contribution is -2.01. The number of rotatable bonds is 7. The SMILES string of the molecule is COC(=O)c1cccc(C/C=C/c2cccc(CCc3ccc4ccc(Cl)cc4n3)c2)c1. The first kappa shape index (κ1) is 21.8. The molecule has 0 saturated heterocycles. The molecule has 0 atom stereocenters. The molecule has 4 rings (SSSR count). The Hall–Kier alpha value is -3.43. The summed E-state index contributed by atoms with van der Waals surface area (Å²) in [6, 6.07) is 26.0. The van der Waals surface area contributed by atoms with E-state index < -0.39 is 0 Å². The second-order valence-corrected chi connectivity index (χ2v) is 8.12. The van der Waals surface area contributed by atoms with Crippen LogP contribution in [0.4, 0.5) is 0 Å². The van der Waals surface area contributed by atoms with Crippen molar-refractivity contribution in [3.8, 4) is 0 Å². The van der Waals surface area contributed by atoms with Crippen molar-refractivity contribution in [1.29, 1.82) is 0 Å². The predicted molar refractivity (Wildman–Crippen MR) is 131 cm³/mol. The van der Waals surface area contributed by atoms with Crippen LogP contribution >= 0.6 is 11.6 Å². The standard InChI is InChI=1S/C28H24ClNO2/c1-32-28(31)24-10-4-9-21(18-24)7-2-5-20-6-3-8-22(17-20)11-15-26-16-13-23-12-14-25(29)19-27(23)30-26/h2-6,8-10,12-14,16-19H,7,11,15H2,1H3/b5-2+. The molecule has 32 heavy (non-hydrogen) atoms. The van der Waals surface area contributed by atoms with Crippen molar-refractivity contribution in [2.45, 2.75) is 19.3 Å². The van der Waals surface area contributed by atoms with E-state index in [9.17, 15) is 4.79 Å². The number of esters is 1. The minimum absolute atomic E-state index is 0.312. The summed E-state index contributed by atoms with van der Waals surface area (Å²) in [4.78, 5) is 16.4. The van der Waals surface area contributed by atoms with E-state index in [1.165, 1.54) is 12.7 Å². The van der Waals surface area contributed by atoms with Crippen molar-refractivity contribution in [3.63, 3.8) is 0 Å². The molecule has 0 aliphatic heterocycles. The average Bonchev–Trinajstić information content (AvgIpc) is 2.82. The maximum Gasteiger partial charge on any atom is 0.337 e. The fourth-order valence-corrected chi connectivity index (χ4v) is 3.84. The summed E-state index contributed by atoms with van der Waals surface area (Å²) in [5, 5.41) is 1.81. The Morgan fingerprint density at radius 1 is 0.938 bits per heavy atom. The molecular weight excluding hydrogens is 418 g/mol. The molecule has 0 amide bonds. The Bertz CT molecular complexity index is 1280. The number of hydrogen-bond donors (Lipinski definition) is 0. The summed E-state index contributed by atoms with van der Waals surface area (Å²) in [5.41, 5.74) is 6.07. The summed E-state index contributed by atoms with van der Waals surface area (Å²) in [6.07, 6.45) is 6.77. The number of fused-ring (bicyclic) bond motifs is 1. The van der Waals surface area contributed by atoms with Gasteiger partial charge in [0, 0.05) is 16.1 Å². The highest BCUT2D eigenvalue weighted by molar-refractivity contribution is 6.31. The van der Waals surface area contributed by atoms with Gasteiger partial charge in [0.15, 0.2) is 0 Å². The van der Waals surface area contributed by atoms with Gasteiger partial charge >= 0.3 is 5.97 Å². The Labute approximate surface area is 193 Å². The van der Waals surface area contributed by atoms with Crippen LogP contribution in [0.15, 0.2) is 84.9 Å². The highest BCUT2D eigenvalue weighted by atomic mass is 35.5. The monoisotopic (exact) mass is 441 g/mol. The van der Waals surface area contributed by atoms with Gasteiger partial charge in [-0.15, -0.1) is 0 Å². The predicted octanol–water partition coefficient (Wildman–Crippen LogP) is 6.72. The number of aryl methyl sites for hydroxylation is 2. The minimum atomic E-state index is -0.312. The van der Waals surface area contributed by atoms with Gasteiger partial charge in [-0.3, -0.25) is 4.98 Å². The van der Waals surface area contributed by atoms with Crippen molar-refractivity contribution in [2.75, 3.05) is 7.11 Å². The summed E-state index contributed by atoms with van der Waals surface area (Å²) in [6.45, 7) is 0. The highest BCUT2D eigenvalue weighted by Gasteiger charge is 2.05. The van der Waals surface area contributed by atoms with Gasteiger partial charge in [0.05, 0.1) is 18.2 Å². The van der Waals surface area contributed by atoms with Crippen LogP contribution in [0, 0.1) is 0 Å². The van der Waals surface area contributed by atoms with E-state index in [0.717, 1.165) is 47.0 Å². The van der Waals surface area contributed by atoms with E-state index in [1.807, 2.05) is 36.4 Å². The molecule has 4 aromatic rings. The number of hydrogen-bond acceptors (Lipinski definition) is 3. The molecule has 1 aromatic heterocycles. The zero-order chi connectivity index (χ0) is 22.3. The van der Waals surface area contributed by atoms with E-state index in [2.05, 4.69) is 48.6 Å². The summed E-state index contributed by atoms with van der Waals surface area (Å²) >= 11 is 6.10. The van der Waals surface area contributed by atoms with Crippen LogP contribution in [-0.4, -0.2) is 18.1 Å². The second kappa shape index (κ2) is 10.3. The number of pyridine rings is 1. The zero-order valence-electron chi connectivity index (χ0n) is 17.9. The first-order chi connectivity index (χ1) is 15.6. The average molecular weight is 442 g/mol. The molecule has 0 aliphatic carbocycles. The number of benzene rings is 3. The molecule has 0 fully saturated rings. The third-order valence-corrected chi connectivity index (χ3v) is 5.58. The first-order valence-corrected chi connectivity index (χ1v) is 11.0. The van der Waals surface area contributed by atoms with Crippen LogP contribution in [-0.2, 0) is 24.0 Å². The van der Waals surface area contributed by atoms with Gasteiger partial charge in [0.2, 0.25) is 0 Å². The van der Waals surface area contributed by atoms with Gasteiger partial charge in [-0.2, -0.15) is 0 Å². The number of ether oxygens (including phenoxy) is 1. The van der Waals surface area contributed by atoms with Gasteiger partial charge in [-0.25, -0.2) is 4.79 Å². The highest BCUT2D eigenvalue weighted by Crippen LogP contribution is 2.19. The lowest BCUT2D eigenvalue weighted by atomic mass is 10.0. The third kappa shape index (κ3) is 5.63. The van der Waals surface area contributed by atoms with Crippen molar-refractivity contribution >= 4 is 34.5 Å². The van der Waals surface area contributed by atoms with E-state index >= 15 is 0 Å². The fourth-order valence-electron chi connectivity index (χ4n) is 3.67. The van der Waals surface area contributed by atoms with Crippen LogP contribution in [0.1, 0.15) is 32.7 Å². The molecule has 0 unspecified atom stereocenters. The smallest absolute Gasteiger partial charge is 0.337 e. The molecule has 0 bridgehead atoms. The number of carbonyl (C=O) groups excluding carboxylic acids is 1. The van der Waals surface area contributed by atoms with Crippen LogP contribution in [0.5, 0.6) is 0 Å². The summed E-state index contributed by atoms with van der Waals surface area (Å²) < 4.78 is 4.79. The fraction of sp³-hybridized carbons (Fsp3) is 0.143. The summed E-state index contributed by atoms with van der Waals surface area (Å²) in [5.74, 6) is -0.312. The van der Waals surface area contributed by atoms with Crippen molar-refractivity contribution in [2.24, 2.45) is 0 Å². The van der Waals surface area contributed by atoms with Crippen molar-refractivity contribution in [1.82, 2.24) is 4.98 Å². The lowest BCUT2D eigenvalue weighted by Gasteiger charge is -2.05. The van der Waals surface area contributed by atoms with Crippen LogP contribution < -0.4 is 0 Å². The zero-order valence-corrected chi connectivity index (χ0v) is 18.7. The van der Waals surface area contributed by atoms with Gasteiger partial charge in [-0.1, -0.05) is 72.3 Å². The Kier molecular flexibility index (Phi) is 6.98. The molecule has 0 radical (unpaired) electrons. The third-order valence-electron chi connectivity index (χ3n) is 5.34. The maximum absolute atomic E-state index is 11.7. The van der Waals surface area contributed by atoms with Crippen LogP contribution in [0.2, 0.25) is 5.02 Å². The first-order valence-electron chi connectivity index (χ1n) is 10.6. The Morgan fingerprint density at radius 3 is 2.62 bits per heavy atom. The van der Waals surface area contributed by atoms with Gasteiger partial charge in [-0.05, 0) is 66.3 Å². The molecule has 160 valence electrons. The van der Waals surface area contributed by atoms with E-state index in [4.69, 9.17) is 21.3 Å². The normalized spacial score (nSPS) is 11.2. The molecule has 0 saturated carbocycles. The lowest BCUT2D eigenvalue weighted by molar-refractivity contribution is 0.0600. The van der Waals surface area contributed by atoms with Crippen molar-refractivity contribution < 1.29 is 9.53 Å². The largest absolute Gasteiger partial charge is 0.465 e. The van der Waals surface area contributed by atoms with Crippen LogP contribution in [0.25, 0.3) is 17.0 Å². The molecule has 1 heterocycles. The molecule has 3 nitrogen and oxygen atoms in total. The molecular formula is C28H24ClNO2. The van der Waals surface area contributed by atoms with Crippen molar-refractivity contribution in [3.05, 3.63) is 118 Å². The molecule has 4 heteroatoms. The second-order valence-electron chi connectivity index (χ2n) is 7.68. The minimum Gasteiger partial charge on any atom is -0.465 e. The number of aromatic nitrogens is 1. The molecule has 0 aliphatic rings. The Morgan fingerprint density at radius 2 is 1.75 bits per heavy atom. The van der Waals surface area contributed by atoms with Gasteiger partial charge < -0.3 is 4.74 Å². The number of allylic oxidation sites excluding steroid dienone is 1. The summed E-state index contributed by atoms with van der Waals surface area (Å²) in [7, 11) is 1.40. The number of halogens is 1. The topological polar surface area (TPSA) is 39.2 Å². The number of carbonyl (C=O) groups is 1. The van der Waals surface area contributed by atoms with Crippen LogP contribution in [0.3, 0.4) is 0 Å². The molecule has 3 aromatic carbocycles. The van der Waals surface area contributed by atoms with Gasteiger partial charge in [0.1, 0.15) is 0 Å².